The molecule has 1 aliphatic heterocycles. The summed E-state index contributed by atoms with van der Waals surface area (Å²) in [5.41, 5.74) is 3.21. The summed E-state index contributed by atoms with van der Waals surface area (Å²) in [6.07, 6.45) is 1.89. The quantitative estimate of drug-likeness (QED) is 0.453. The fourth-order valence-electron chi connectivity index (χ4n) is 2.66. The van der Waals surface area contributed by atoms with Gasteiger partial charge in [0.25, 0.3) is 5.69 Å². The van der Waals surface area contributed by atoms with E-state index in [0.29, 0.717) is 17.7 Å². The van der Waals surface area contributed by atoms with Crippen molar-refractivity contribution in [1.29, 1.82) is 0 Å². The van der Waals surface area contributed by atoms with E-state index in [1.807, 2.05) is 0 Å². The first-order chi connectivity index (χ1) is 11.7. The van der Waals surface area contributed by atoms with E-state index in [-0.39, 0.29) is 35.4 Å². The van der Waals surface area contributed by atoms with Crippen LogP contribution in [-0.2, 0) is 14.6 Å². The average Bonchev–Trinajstić information content (AvgIpc) is 2.85. The van der Waals surface area contributed by atoms with Crippen LogP contribution < -0.4 is 10.3 Å². The van der Waals surface area contributed by atoms with Gasteiger partial charge in [-0.05, 0) is 18.4 Å². The molecule has 2 rings (SSSR count). The number of nitrogens with zero attached hydrogens (tertiary/aromatic N) is 3. The van der Waals surface area contributed by atoms with Crippen molar-refractivity contribution in [2.45, 2.75) is 12.8 Å². The van der Waals surface area contributed by atoms with Crippen molar-refractivity contribution in [3.05, 3.63) is 33.9 Å². The lowest BCUT2D eigenvalue weighted by molar-refractivity contribution is -0.384. The number of nitro groups is 1. The Morgan fingerprint density at radius 1 is 1.48 bits per heavy atom. The molecule has 0 radical (unpaired) electrons. The molecule has 0 unspecified atom stereocenters. The number of amides is 1. The van der Waals surface area contributed by atoms with E-state index in [1.54, 1.807) is 31.1 Å². The van der Waals surface area contributed by atoms with E-state index in [0.717, 1.165) is 0 Å². The van der Waals surface area contributed by atoms with E-state index >= 15 is 0 Å². The Balaban J connectivity index is 1.96. The van der Waals surface area contributed by atoms with E-state index in [2.05, 4.69) is 10.5 Å². The first-order valence-electron chi connectivity index (χ1n) is 7.66. The molecule has 25 heavy (non-hydrogen) atoms. The van der Waals surface area contributed by atoms with E-state index in [1.165, 1.54) is 12.3 Å². The number of nitrogens with one attached hydrogen (secondary N) is 1. The Kier molecular flexibility index (Phi) is 5.73. The molecule has 1 heterocycles. The third kappa shape index (κ3) is 5.24. The van der Waals surface area contributed by atoms with Crippen LogP contribution >= 0.6 is 0 Å². The highest BCUT2D eigenvalue weighted by atomic mass is 32.2. The van der Waals surface area contributed by atoms with Gasteiger partial charge >= 0.3 is 0 Å². The lowest BCUT2D eigenvalue weighted by atomic mass is 10.1. The fraction of sp³-hybridized carbons (Fsp3) is 0.467. The Bertz CT molecular complexity index is 804. The van der Waals surface area contributed by atoms with Crippen LogP contribution in [0.5, 0.6) is 0 Å². The van der Waals surface area contributed by atoms with Gasteiger partial charge in [-0.2, -0.15) is 5.10 Å². The molecule has 10 heteroatoms. The number of benzene rings is 1. The molecular formula is C15H20N4O5S. The highest BCUT2D eigenvalue weighted by Crippen LogP contribution is 2.27. The van der Waals surface area contributed by atoms with E-state index in [9.17, 15) is 23.3 Å². The lowest BCUT2D eigenvalue weighted by Gasteiger charge is -2.12. The van der Waals surface area contributed by atoms with Crippen LogP contribution in [-0.4, -0.2) is 51.1 Å². The Morgan fingerprint density at radius 2 is 2.20 bits per heavy atom. The predicted octanol–water partition coefficient (Wildman–Crippen LogP) is 0.936. The van der Waals surface area contributed by atoms with Gasteiger partial charge in [-0.15, -0.1) is 0 Å². The van der Waals surface area contributed by atoms with Gasteiger partial charge in [0.1, 0.15) is 5.69 Å². The second kappa shape index (κ2) is 7.60. The van der Waals surface area contributed by atoms with Gasteiger partial charge in [-0.1, -0.05) is 6.07 Å². The monoisotopic (exact) mass is 368 g/mol. The summed E-state index contributed by atoms with van der Waals surface area (Å²) in [7, 11) is 0.401. The van der Waals surface area contributed by atoms with Crippen LogP contribution in [0.1, 0.15) is 18.4 Å². The number of carbonyl (C=O) groups is 1. The number of hydrogen-bond donors (Lipinski definition) is 1. The second-order valence-electron chi connectivity index (χ2n) is 6.17. The highest BCUT2D eigenvalue weighted by Gasteiger charge is 2.29. The molecule has 1 aromatic carbocycles. The van der Waals surface area contributed by atoms with Crippen molar-refractivity contribution in [2.24, 2.45) is 11.0 Å². The molecule has 0 aliphatic carbocycles. The lowest BCUT2D eigenvalue weighted by Crippen LogP contribution is -2.21. The molecule has 0 bridgehead atoms. The Morgan fingerprint density at radius 3 is 2.76 bits per heavy atom. The fourth-order valence-corrected chi connectivity index (χ4v) is 4.53. The highest BCUT2D eigenvalue weighted by molar-refractivity contribution is 7.91. The molecule has 9 nitrogen and oxygen atoms in total. The molecule has 1 amide bonds. The van der Waals surface area contributed by atoms with Gasteiger partial charge in [0.05, 0.1) is 22.6 Å². The van der Waals surface area contributed by atoms with Crippen molar-refractivity contribution in [2.75, 3.05) is 30.5 Å². The molecule has 136 valence electrons. The van der Waals surface area contributed by atoms with E-state index < -0.39 is 14.8 Å². The van der Waals surface area contributed by atoms with Gasteiger partial charge in [-0.25, -0.2) is 13.8 Å². The Hall–Kier alpha value is -2.49. The number of rotatable bonds is 6. The molecule has 1 aliphatic rings. The number of carbonyl (C=O) groups excluding carboxylic acids is 1. The van der Waals surface area contributed by atoms with Gasteiger partial charge in [0, 0.05) is 32.1 Å². The topological polar surface area (TPSA) is 122 Å². The van der Waals surface area contributed by atoms with Gasteiger partial charge in [0.15, 0.2) is 9.84 Å². The number of hydrazone groups is 1. The van der Waals surface area contributed by atoms with Crippen LogP contribution in [0.4, 0.5) is 11.4 Å². The predicted molar refractivity (Wildman–Crippen MR) is 94.5 cm³/mol. The molecule has 1 N–H and O–H groups in total. The van der Waals surface area contributed by atoms with Crippen molar-refractivity contribution in [3.63, 3.8) is 0 Å². The molecule has 1 saturated heterocycles. The summed E-state index contributed by atoms with van der Waals surface area (Å²) in [5.74, 6) is -0.406. The maximum Gasteiger partial charge on any atom is 0.293 e. The SMILES string of the molecule is CN(C)c1ccc(/C=N\NC(=O)C[C@H]2CCS(=O)(=O)C2)cc1[N+](=O)[O-]. The maximum atomic E-state index is 11.8. The number of nitro benzene ring substituents is 1. The van der Waals surface area contributed by atoms with Crippen LogP contribution in [0.2, 0.25) is 0 Å². The molecular weight excluding hydrogens is 348 g/mol. The zero-order valence-electron chi connectivity index (χ0n) is 14.0. The summed E-state index contributed by atoms with van der Waals surface area (Å²) >= 11 is 0. The van der Waals surface area contributed by atoms with Crippen molar-refractivity contribution in [1.82, 2.24) is 5.43 Å². The third-order valence-corrected chi connectivity index (χ3v) is 5.72. The molecule has 1 atom stereocenters. The summed E-state index contributed by atoms with van der Waals surface area (Å²) in [6, 6.07) is 4.63. The van der Waals surface area contributed by atoms with Crippen LogP contribution in [0.3, 0.4) is 0 Å². The maximum absolute atomic E-state index is 11.8. The molecule has 0 aromatic heterocycles. The minimum Gasteiger partial charge on any atom is -0.372 e. The zero-order chi connectivity index (χ0) is 18.6. The van der Waals surface area contributed by atoms with Crippen LogP contribution in [0, 0.1) is 16.0 Å². The second-order valence-corrected chi connectivity index (χ2v) is 8.39. The smallest absolute Gasteiger partial charge is 0.293 e. The minimum absolute atomic E-state index is 0.0301. The third-order valence-electron chi connectivity index (χ3n) is 3.88. The first kappa shape index (κ1) is 18.8. The van der Waals surface area contributed by atoms with E-state index in [4.69, 9.17) is 0 Å². The standard InChI is InChI=1S/C15H20N4O5S/c1-18(2)13-4-3-11(7-14(13)19(21)22)9-16-17-15(20)8-12-5-6-25(23,24)10-12/h3-4,7,9,12H,5-6,8,10H2,1-2H3,(H,17,20)/b16-9-/t12-/m1/s1. The van der Waals surface area contributed by atoms with Crippen LogP contribution in [0.25, 0.3) is 0 Å². The van der Waals surface area contributed by atoms with Gasteiger partial charge in [-0.3, -0.25) is 14.9 Å². The Labute approximate surface area is 145 Å². The number of hydrogen-bond acceptors (Lipinski definition) is 7. The molecule has 1 aromatic rings. The molecule has 0 spiro atoms. The molecule has 0 saturated carbocycles. The summed E-state index contributed by atoms with van der Waals surface area (Å²) < 4.78 is 22.7. The van der Waals surface area contributed by atoms with Crippen LogP contribution in [0.15, 0.2) is 23.3 Å². The zero-order valence-corrected chi connectivity index (χ0v) is 14.8. The number of sulfone groups is 1. The van der Waals surface area contributed by atoms with Gasteiger partial charge < -0.3 is 4.90 Å². The summed E-state index contributed by atoms with van der Waals surface area (Å²) in [5, 5.41) is 14.9. The summed E-state index contributed by atoms with van der Waals surface area (Å²) in [6.45, 7) is 0. The normalized spacial score (nSPS) is 19.0. The van der Waals surface area contributed by atoms with Crippen molar-refractivity contribution >= 4 is 33.3 Å². The number of anilines is 1. The largest absolute Gasteiger partial charge is 0.372 e. The van der Waals surface area contributed by atoms with Crippen molar-refractivity contribution < 1.29 is 18.1 Å². The first-order valence-corrected chi connectivity index (χ1v) is 9.48. The van der Waals surface area contributed by atoms with Crippen molar-refractivity contribution in [3.8, 4) is 0 Å². The molecule has 1 fully saturated rings. The van der Waals surface area contributed by atoms with Gasteiger partial charge in [0.2, 0.25) is 5.91 Å². The summed E-state index contributed by atoms with van der Waals surface area (Å²) in [4.78, 5) is 24.1. The minimum atomic E-state index is -3.01. The average molecular weight is 368 g/mol.